The molecule has 22 heavy (non-hydrogen) atoms. The predicted molar refractivity (Wildman–Crippen MR) is 77.2 cm³/mol. The van der Waals surface area contributed by atoms with Crippen LogP contribution in [0.3, 0.4) is 0 Å². The summed E-state index contributed by atoms with van der Waals surface area (Å²) in [5, 5.41) is 14.8. The highest BCUT2D eigenvalue weighted by Gasteiger charge is 2.21. The molecule has 0 radical (unpaired) electrons. The molecule has 0 aliphatic rings. The summed E-state index contributed by atoms with van der Waals surface area (Å²) < 4.78 is 16.0. The number of anilines is 2. The molecule has 0 aliphatic heterocycles. The highest BCUT2D eigenvalue weighted by molar-refractivity contribution is 5.99. The van der Waals surface area contributed by atoms with Crippen molar-refractivity contribution in [3.8, 4) is 0 Å². The van der Waals surface area contributed by atoms with Gasteiger partial charge in [-0.3, -0.25) is 9.69 Å². The summed E-state index contributed by atoms with van der Waals surface area (Å²) in [6.07, 6.45) is 4.41. The van der Waals surface area contributed by atoms with Crippen molar-refractivity contribution in [2.75, 3.05) is 4.90 Å². The number of halogens is 1. The van der Waals surface area contributed by atoms with Crippen LogP contribution in [0.4, 0.5) is 21.6 Å². The predicted octanol–water partition coefficient (Wildman–Crippen LogP) is 1.25. The van der Waals surface area contributed by atoms with Gasteiger partial charge in [-0.15, -0.1) is 0 Å². The van der Waals surface area contributed by atoms with Gasteiger partial charge in [0, 0.05) is 31.5 Å². The van der Waals surface area contributed by atoms with E-state index in [0.29, 0.717) is 11.2 Å². The monoisotopic (exact) mass is 301 g/mol. The van der Waals surface area contributed by atoms with Crippen molar-refractivity contribution in [1.82, 2.24) is 14.6 Å². The number of pyridine rings is 2. The molecule has 3 aromatic heterocycles. The van der Waals surface area contributed by atoms with E-state index in [2.05, 4.69) is 10.1 Å². The van der Waals surface area contributed by atoms with Gasteiger partial charge in [0.05, 0.1) is 11.9 Å². The molecule has 7 nitrogen and oxygen atoms in total. The number of fused-ring (bicyclic) bond motifs is 1. The summed E-state index contributed by atoms with van der Waals surface area (Å²) in [5.41, 5.74) is 1.29. The van der Waals surface area contributed by atoms with Crippen molar-refractivity contribution in [2.24, 2.45) is 0 Å². The number of carbonyl (C=O) groups excluding carboxylic acids is 1. The molecule has 0 atom stereocenters. The Morgan fingerprint density at radius 3 is 2.91 bits per heavy atom. The summed E-state index contributed by atoms with van der Waals surface area (Å²) in [4.78, 5) is 17.2. The van der Waals surface area contributed by atoms with Gasteiger partial charge in [0.1, 0.15) is 17.0 Å². The fourth-order valence-corrected chi connectivity index (χ4v) is 2.21. The normalized spacial score (nSPS) is 10.9. The van der Waals surface area contributed by atoms with Crippen molar-refractivity contribution in [2.45, 2.75) is 6.92 Å². The van der Waals surface area contributed by atoms with Gasteiger partial charge in [-0.05, 0) is 12.1 Å². The molecule has 0 spiro atoms. The summed E-state index contributed by atoms with van der Waals surface area (Å²) in [5.74, 6) is -0.827. The van der Waals surface area contributed by atoms with Crippen LogP contribution in [-0.4, -0.2) is 20.5 Å². The summed E-state index contributed by atoms with van der Waals surface area (Å²) in [6.45, 7) is 1.30. The lowest BCUT2D eigenvalue weighted by Gasteiger charge is -2.21. The number of aromatic nitrogens is 3. The molecule has 0 unspecified atom stereocenters. The van der Waals surface area contributed by atoms with E-state index < -0.39 is 11.7 Å². The molecule has 112 valence electrons. The SMILES string of the molecule is CC(=O)N(c1cc([NH2+][O-])ccn1)c1ccn2nccc2c1F. The smallest absolute Gasteiger partial charge is 0.229 e. The number of quaternary nitrogens is 1. The molecular formula is C14H12FN5O2. The Bertz CT molecular complexity index is 848. The molecular weight excluding hydrogens is 289 g/mol. The van der Waals surface area contributed by atoms with Crippen molar-refractivity contribution >= 4 is 28.6 Å². The first kappa shape index (κ1) is 14.1. The lowest BCUT2D eigenvalue weighted by Crippen LogP contribution is -2.70. The highest BCUT2D eigenvalue weighted by Crippen LogP contribution is 2.29. The highest BCUT2D eigenvalue weighted by atomic mass is 19.1. The molecule has 0 aromatic carbocycles. The third-order valence-electron chi connectivity index (χ3n) is 3.18. The van der Waals surface area contributed by atoms with Gasteiger partial charge >= 0.3 is 0 Å². The van der Waals surface area contributed by atoms with Crippen LogP contribution in [0.15, 0.2) is 42.9 Å². The van der Waals surface area contributed by atoms with E-state index in [4.69, 9.17) is 0 Å². The van der Waals surface area contributed by atoms with E-state index in [1.807, 2.05) is 0 Å². The fraction of sp³-hybridized carbons (Fsp3) is 0.0714. The Morgan fingerprint density at radius 1 is 1.36 bits per heavy atom. The van der Waals surface area contributed by atoms with Crippen molar-refractivity contribution in [3.05, 3.63) is 53.9 Å². The lowest BCUT2D eigenvalue weighted by molar-refractivity contribution is -0.497. The van der Waals surface area contributed by atoms with Crippen LogP contribution in [0, 0.1) is 11.0 Å². The van der Waals surface area contributed by atoms with Crippen LogP contribution >= 0.6 is 0 Å². The van der Waals surface area contributed by atoms with Gasteiger partial charge in [0.15, 0.2) is 5.82 Å². The first-order valence-corrected chi connectivity index (χ1v) is 6.45. The number of amides is 1. The van der Waals surface area contributed by atoms with Crippen molar-refractivity contribution in [1.29, 1.82) is 0 Å². The number of hydrogen-bond donors (Lipinski definition) is 1. The van der Waals surface area contributed by atoms with Gasteiger partial charge in [-0.2, -0.15) is 5.10 Å². The quantitative estimate of drug-likeness (QED) is 0.737. The van der Waals surface area contributed by atoms with Crippen LogP contribution in [0.2, 0.25) is 0 Å². The average molecular weight is 301 g/mol. The van der Waals surface area contributed by atoms with E-state index in [0.717, 1.165) is 4.90 Å². The molecule has 0 saturated carbocycles. The standard InChI is InChI=1S/C14H12FN5O2/c1-9(21)20(13-8-10(18-22)2-5-16-13)12-4-7-19-11(14(12)15)3-6-17-19/h2-8H,18H2,1H3. The molecule has 0 aliphatic carbocycles. The Kier molecular flexibility index (Phi) is 3.53. The van der Waals surface area contributed by atoms with Crippen molar-refractivity contribution < 1.29 is 14.7 Å². The summed E-state index contributed by atoms with van der Waals surface area (Å²) in [6, 6.07) is 5.87. The maximum atomic E-state index is 14.6. The third-order valence-corrected chi connectivity index (χ3v) is 3.18. The first-order chi connectivity index (χ1) is 10.6. The fourth-order valence-electron chi connectivity index (χ4n) is 2.21. The minimum atomic E-state index is -0.589. The maximum absolute atomic E-state index is 14.6. The number of rotatable bonds is 3. The zero-order chi connectivity index (χ0) is 15.7. The maximum Gasteiger partial charge on any atom is 0.229 e. The van der Waals surface area contributed by atoms with Gasteiger partial charge in [0.25, 0.3) is 0 Å². The Labute approximate surface area is 124 Å². The molecule has 0 fully saturated rings. The first-order valence-electron chi connectivity index (χ1n) is 6.45. The third kappa shape index (κ3) is 2.30. The van der Waals surface area contributed by atoms with Crippen LogP contribution in [0.5, 0.6) is 0 Å². The Hall–Kier alpha value is -2.84. The Balaban J connectivity index is 2.17. The van der Waals surface area contributed by atoms with Crippen LogP contribution in [0.25, 0.3) is 5.52 Å². The van der Waals surface area contributed by atoms with E-state index in [-0.39, 0.29) is 17.0 Å². The lowest BCUT2D eigenvalue weighted by atomic mass is 10.2. The second-order valence-corrected chi connectivity index (χ2v) is 4.60. The van der Waals surface area contributed by atoms with E-state index in [9.17, 15) is 14.4 Å². The second kappa shape index (κ2) is 5.51. The van der Waals surface area contributed by atoms with Gasteiger partial charge in [0.2, 0.25) is 5.91 Å². The Morgan fingerprint density at radius 2 is 2.18 bits per heavy atom. The molecule has 3 rings (SSSR count). The topological polar surface area (TPSA) is 90.2 Å². The molecule has 8 heteroatoms. The molecule has 0 bridgehead atoms. The largest absolute Gasteiger partial charge is 0.630 e. The molecule has 0 saturated heterocycles. The second-order valence-electron chi connectivity index (χ2n) is 4.60. The average Bonchev–Trinajstić information content (AvgIpc) is 2.99. The van der Waals surface area contributed by atoms with Crippen LogP contribution in [-0.2, 0) is 4.79 Å². The number of carbonyl (C=O) groups is 1. The number of hydrogen-bond acceptors (Lipinski definition) is 4. The van der Waals surface area contributed by atoms with E-state index in [1.54, 1.807) is 6.20 Å². The van der Waals surface area contributed by atoms with Crippen LogP contribution < -0.4 is 10.4 Å². The zero-order valence-electron chi connectivity index (χ0n) is 11.6. The zero-order valence-corrected chi connectivity index (χ0v) is 11.6. The van der Waals surface area contributed by atoms with Gasteiger partial charge in [-0.25, -0.2) is 13.9 Å². The van der Waals surface area contributed by atoms with Gasteiger partial charge in [-0.1, -0.05) is 0 Å². The summed E-state index contributed by atoms with van der Waals surface area (Å²) in [7, 11) is 0. The van der Waals surface area contributed by atoms with Crippen LogP contribution in [0.1, 0.15) is 6.92 Å². The van der Waals surface area contributed by atoms with E-state index in [1.165, 1.54) is 48.1 Å². The minimum Gasteiger partial charge on any atom is -0.630 e. The van der Waals surface area contributed by atoms with Gasteiger partial charge < -0.3 is 10.7 Å². The number of nitrogens with zero attached hydrogens (tertiary/aromatic N) is 4. The summed E-state index contributed by atoms with van der Waals surface area (Å²) >= 11 is 0. The molecule has 2 N–H and O–H groups in total. The number of nitrogens with two attached hydrogens (primary N) is 1. The molecule has 3 aromatic rings. The van der Waals surface area contributed by atoms with Crippen molar-refractivity contribution in [3.63, 3.8) is 0 Å². The minimum absolute atomic E-state index is 0.0519. The molecule has 1 amide bonds. The molecule has 3 heterocycles. The van der Waals surface area contributed by atoms with E-state index >= 15 is 0 Å².